The molecular weight excluding hydrogens is 261 g/mol. The largest absolute Gasteiger partial charge is 0.313 e. The molecule has 0 aromatic heterocycles. The van der Waals surface area contributed by atoms with E-state index < -0.39 is 0 Å². The molecule has 0 atom stereocenters. The maximum absolute atomic E-state index is 13.5. The Hall–Kier alpha value is -1.67. The normalized spacial score (nSPS) is 10.9. The molecule has 0 saturated carbocycles. The minimum absolute atomic E-state index is 0.160. The number of hydrogen-bond donors (Lipinski definition) is 1. The van der Waals surface area contributed by atoms with Crippen molar-refractivity contribution in [3.05, 3.63) is 58.4 Å². The van der Waals surface area contributed by atoms with Crippen molar-refractivity contribution >= 4 is 0 Å². The van der Waals surface area contributed by atoms with Gasteiger partial charge in [-0.25, -0.2) is 4.39 Å². The van der Waals surface area contributed by atoms with Crippen molar-refractivity contribution < 1.29 is 4.39 Å². The fraction of sp³-hybridized carbons (Fsp3) is 0.368. The third-order valence-electron chi connectivity index (χ3n) is 3.82. The summed E-state index contributed by atoms with van der Waals surface area (Å²) in [4.78, 5) is 0. The summed E-state index contributed by atoms with van der Waals surface area (Å²) >= 11 is 0. The third kappa shape index (κ3) is 3.70. The molecule has 0 bridgehead atoms. The zero-order valence-corrected chi connectivity index (χ0v) is 13.4. The van der Waals surface area contributed by atoms with Crippen molar-refractivity contribution in [1.82, 2.24) is 5.32 Å². The summed E-state index contributed by atoms with van der Waals surface area (Å²) in [6, 6.07) is 9.77. The van der Waals surface area contributed by atoms with Gasteiger partial charge in [-0.05, 0) is 85.3 Å². The van der Waals surface area contributed by atoms with Crippen LogP contribution in [0, 0.1) is 26.6 Å². The molecule has 2 rings (SSSR count). The first-order valence-electron chi connectivity index (χ1n) is 7.60. The van der Waals surface area contributed by atoms with E-state index in [1.54, 1.807) is 12.1 Å². The summed E-state index contributed by atoms with van der Waals surface area (Å²) in [6.45, 7) is 10.1. The molecule has 1 nitrogen and oxygen atoms in total. The molecule has 0 aliphatic heterocycles. The number of halogens is 1. The topological polar surface area (TPSA) is 12.0 Å². The van der Waals surface area contributed by atoms with Gasteiger partial charge < -0.3 is 5.32 Å². The summed E-state index contributed by atoms with van der Waals surface area (Å²) in [5, 5.41) is 3.43. The summed E-state index contributed by atoms with van der Waals surface area (Å²) < 4.78 is 13.5. The van der Waals surface area contributed by atoms with E-state index in [2.05, 4.69) is 37.4 Å². The Labute approximate surface area is 127 Å². The van der Waals surface area contributed by atoms with Gasteiger partial charge in [0.2, 0.25) is 0 Å². The van der Waals surface area contributed by atoms with Gasteiger partial charge in [0.15, 0.2) is 0 Å². The van der Waals surface area contributed by atoms with Crippen LogP contribution in [0.3, 0.4) is 0 Å². The first-order chi connectivity index (χ1) is 10.0. The minimum Gasteiger partial charge on any atom is -0.313 e. The van der Waals surface area contributed by atoms with E-state index in [1.807, 2.05) is 13.8 Å². The average molecular weight is 285 g/mol. The highest BCUT2D eigenvalue weighted by molar-refractivity contribution is 5.74. The van der Waals surface area contributed by atoms with Crippen molar-refractivity contribution in [3.63, 3.8) is 0 Å². The monoisotopic (exact) mass is 285 g/mol. The maximum atomic E-state index is 13.5. The Bertz CT molecular complexity index is 608. The Morgan fingerprint density at radius 1 is 0.952 bits per heavy atom. The van der Waals surface area contributed by atoms with Gasteiger partial charge in [0, 0.05) is 6.54 Å². The van der Waals surface area contributed by atoms with Gasteiger partial charge >= 0.3 is 0 Å². The van der Waals surface area contributed by atoms with Crippen molar-refractivity contribution in [3.8, 4) is 11.1 Å². The second-order valence-electron chi connectivity index (χ2n) is 5.74. The maximum Gasteiger partial charge on any atom is 0.123 e. The van der Waals surface area contributed by atoms with Gasteiger partial charge in [0.25, 0.3) is 0 Å². The second-order valence-corrected chi connectivity index (χ2v) is 5.74. The van der Waals surface area contributed by atoms with Gasteiger partial charge in [-0.2, -0.15) is 0 Å². The second kappa shape index (κ2) is 6.86. The molecule has 0 fully saturated rings. The molecule has 2 heteroatoms. The number of hydrogen-bond acceptors (Lipinski definition) is 1. The standard InChI is InChI=1S/C19H24FN/c1-5-8-21-12-16-7-6-13(2)18(11-16)19-14(3)9-17(20)10-15(19)4/h6-7,9-11,21H,5,8,12H2,1-4H3. The van der Waals surface area contributed by atoms with Gasteiger partial charge in [-0.1, -0.05) is 19.1 Å². The molecular formula is C19H24FN. The van der Waals surface area contributed by atoms with Crippen LogP contribution >= 0.6 is 0 Å². The first kappa shape index (κ1) is 15.7. The predicted molar refractivity (Wildman–Crippen MR) is 88.0 cm³/mol. The first-order valence-corrected chi connectivity index (χ1v) is 7.60. The van der Waals surface area contributed by atoms with Gasteiger partial charge in [-0.3, -0.25) is 0 Å². The lowest BCUT2D eigenvalue weighted by atomic mass is 9.91. The Morgan fingerprint density at radius 2 is 1.62 bits per heavy atom. The van der Waals surface area contributed by atoms with Gasteiger partial charge in [-0.15, -0.1) is 0 Å². The van der Waals surface area contributed by atoms with E-state index in [9.17, 15) is 4.39 Å². The molecule has 0 radical (unpaired) electrons. The van der Waals surface area contributed by atoms with Gasteiger partial charge in [0.1, 0.15) is 5.82 Å². The van der Waals surface area contributed by atoms with Crippen molar-refractivity contribution in [2.45, 2.75) is 40.7 Å². The molecule has 0 saturated heterocycles. The number of aryl methyl sites for hydroxylation is 3. The molecule has 112 valence electrons. The molecule has 0 heterocycles. The number of nitrogens with one attached hydrogen (secondary N) is 1. The fourth-order valence-electron chi connectivity index (χ4n) is 2.79. The molecule has 2 aromatic rings. The minimum atomic E-state index is -0.160. The van der Waals surface area contributed by atoms with E-state index in [0.717, 1.165) is 36.2 Å². The summed E-state index contributed by atoms with van der Waals surface area (Å²) in [7, 11) is 0. The van der Waals surface area contributed by atoms with Crippen LogP contribution in [0.4, 0.5) is 4.39 Å². The van der Waals surface area contributed by atoms with Crippen LogP contribution in [-0.2, 0) is 6.54 Å². The van der Waals surface area contributed by atoms with E-state index in [-0.39, 0.29) is 5.82 Å². The Balaban J connectivity index is 2.41. The molecule has 1 N–H and O–H groups in total. The van der Waals surface area contributed by atoms with E-state index in [1.165, 1.54) is 16.7 Å². The Morgan fingerprint density at radius 3 is 2.24 bits per heavy atom. The Kier molecular flexibility index (Phi) is 5.13. The third-order valence-corrected chi connectivity index (χ3v) is 3.82. The van der Waals surface area contributed by atoms with Crippen LogP contribution in [0.2, 0.25) is 0 Å². The van der Waals surface area contributed by atoms with Crippen LogP contribution in [0.15, 0.2) is 30.3 Å². The van der Waals surface area contributed by atoms with Crippen molar-refractivity contribution in [2.75, 3.05) is 6.54 Å². The lowest BCUT2D eigenvalue weighted by Gasteiger charge is -2.15. The fourth-order valence-corrected chi connectivity index (χ4v) is 2.79. The van der Waals surface area contributed by atoms with Crippen LogP contribution < -0.4 is 5.32 Å². The van der Waals surface area contributed by atoms with E-state index >= 15 is 0 Å². The molecule has 2 aromatic carbocycles. The smallest absolute Gasteiger partial charge is 0.123 e. The van der Waals surface area contributed by atoms with Crippen LogP contribution in [0.1, 0.15) is 35.6 Å². The molecule has 21 heavy (non-hydrogen) atoms. The lowest BCUT2D eigenvalue weighted by Crippen LogP contribution is -2.13. The highest BCUT2D eigenvalue weighted by Gasteiger charge is 2.11. The number of benzene rings is 2. The number of rotatable bonds is 5. The van der Waals surface area contributed by atoms with Crippen molar-refractivity contribution in [2.24, 2.45) is 0 Å². The summed E-state index contributed by atoms with van der Waals surface area (Å²) in [5.41, 5.74) is 6.86. The molecule has 0 amide bonds. The average Bonchev–Trinajstić information content (AvgIpc) is 2.41. The highest BCUT2D eigenvalue weighted by Crippen LogP contribution is 2.31. The highest BCUT2D eigenvalue weighted by atomic mass is 19.1. The summed E-state index contributed by atoms with van der Waals surface area (Å²) in [5.74, 6) is -0.160. The van der Waals surface area contributed by atoms with Gasteiger partial charge in [0.05, 0.1) is 0 Å². The molecule has 0 aliphatic rings. The molecule has 0 aliphatic carbocycles. The zero-order chi connectivity index (χ0) is 15.4. The van der Waals surface area contributed by atoms with Crippen LogP contribution in [0.5, 0.6) is 0 Å². The molecule has 0 spiro atoms. The quantitative estimate of drug-likeness (QED) is 0.769. The van der Waals surface area contributed by atoms with Crippen LogP contribution in [0.25, 0.3) is 11.1 Å². The predicted octanol–water partition coefficient (Wildman–Crippen LogP) is 4.92. The van der Waals surface area contributed by atoms with Crippen molar-refractivity contribution in [1.29, 1.82) is 0 Å². The van der Waals surface area contributed by atoms with Crippen LogP contribution in [-0.4, -0.2) is 6.54 Å². The lowest BCUT2D eigenvalue weighted by molar-refractivity contribution is 0.625. The van der Waals surface area contributed by atoms with E-state index in [4.69, 9.17) is 0 Å². The SMILES string of the molecule is CCCNCc1ccc(C)c(-c2c(C)cc(F)cc2C)c1. The zero-order valence-electron chi connectivity index (χ0n) is 13.4. The van der Waals surface area contributed by atoms with E-state index in [0.29, 0.717) is 0 Å². The summed E-state index contributed by atoms with van der Waals surface area (Å²) in [6.07, 6.45) is 1.13. The molecule has 0 unspecified atom stereocenters.